The van der Waals surface area contributed by atoms with E-state index in [-0.39, 0.29) is 18.0 Å². The molecule has 4 N–H and O–H groups in total. The van der Waals surface area contributed by atoms with Gasteiger partial charge in [-0.2, -0.15) is 0 Å². The van der Waals surface area contributed by atoms with E-state index in [1.165, 1.54) is 6.07 Å². The van der Waals surface area contributed by atoms with Crippen LogP contribution in [-0.4, -0.2) is 23.2 Å². The van der Waals surface area contributed by atoms with E-state index in [4.69, 9.17) is 10.8 Å². The van der Waals surface area contributed by atoms with Gasteiger partial charge in [0.05, 0.1) is 4.92 Å². The number of rotatable bonds is 7. The molecule has 0 aliphatic heterocycles. The molecule has 6 heteroatoms. The fourth-order valence-corrected chi connectivity index (χ4v) is 1.61. The van der Waals surface area contributed by atoms with Gasteiger partial charge < -0.3 is 16.2 Å². The van der Waals surface area contributed by atoms with Crippen molar-refractivity contribution in [2.75, 3.05) is 24.2 Å². The van der Waals surface area contributed by atoms with E-state index >= 15 is 0 Å². The van der Waals surface area contributed by atoms with E-state index in [1.54, 1.807) is 12.1 Å². The van der Waals surface area contributed by atoms with Crippen molar-refractivity contribution in [2.24, 2.45) is 5.92 Å². The summed E-state index contributed by atoms with van der Waals surface area (Å²) in [5.74, 6) is 0.300. The normalized spacial score (nSPS) is 12.1. The van der Waals surface area contributed by atoms with Crippen molar-refractivity contribution in [2.45, 2.75) is 19.8 Å². The molecule has 0 radical (unpaired) electrons. The molecule has 1 rings (SSSR count). The van der Waals surface area contributed by atoms with Gasteiger partial charge in [-0.3, -0.25) is 10.1 Å². The van der Waals surface area contributed by atoms with Crippen molar-refractivity contribution in [1.29, 1.82) is 0 Å². The Kier molecular flexibility index (Phi) is 5.38. The van der Waals surface area contributed by atoms with Crippen molar-refractivity contribution < 1.29 is 10.0 Å². The lowest BCUT2D eigenvalue weighted by Gasteiger charge is -2.09. The number of benzene rings is 1. The van der Waals surface area contributed by atoms with Gasteiger partial charge in [0.25, 0.3) is 5.69 Å². The van der Waals surface area contributed by atoms with Crippen molar-refractivity contribution >= 4 is 17.1 Å². The average molecular weight is 253 g/mol. The summed E-state index contributed by atoms with van der Waals surface area (Å²) in [5.41, 5.74) is 6.44. The maximum Gasteiger partial charge on any atom is 0.292 e. The molecule has 6 nitrogen and oxygen atoms in total. The molecule has 0 aromatic heterocycles. The number of nitro groups is 1. The number of hydrogen-bond acceptors (Lipinski definition) is 5. The minimum atomic E-state index is -0.498. The summed E-state index contributed by atoms with van der Waals surface area (Å²) in [6.45, 7) is 2.94. The summed E-state index contributed by atoms with van der Waals surface area (Å²) in [6, 6.07) is 4.60. The molecule has 0 aliphatic carbocycles. The number of nitrogens with one attached hydrogen (secondary N) is 1. The Hall–Kier alpha value is -1.82. The van der Waals surface area contributed by atoms with E-state index in [2.05, 4.69) is 5.32 Å². The van der Waals surface area contributed by atoms with Gasteiger partial charge in [-0.15, -0.1) is 0 Å². The zero-order valence-electron chi connectivity index (χ0n) is 10.4. The molecule has 1 aromatic rings. The number of hydrogen-bond donors (Lipinski definition) is 3. The summed E-state index contributed by atoms with van der Waals surface area (Å²) < 4.78 is 0. The van der Waals surface area contributed by atoms with Gasteiger partial charge in [-0.1, -0.05) is 6.92 Å². The SMILES string of the molecule is CC(CO)CCCNc1ccc([N+](=O)[O-])c(N)c1. The summed E-state index contributed by atoms with van der Waals surface area (Å²) in [5, 5.41) is 22.6. The molecular weight excluding hydrogens is 234 g/mol. The van der Waals surface area contributed by atoms with E-state index in [0.717, 1.165) is 25.1 Å². The van der Waals surface area contributed by atoms with Crippen LogP contribution in [0, 0.1) is 16.0 Å². The van der Waals surface area contributed by atoms with Gasteiger partial charge in [0.15, 0.2) is 0 Å². The van der Waals surface area contributed by atoms with Crippen LogP contribution in [0.4, 0.5) is 17.1 Å². The number of aliphatic hydroxyl groups is 1. The average Bonchev–Trinajstić information content (AvgIpc) is 2.34. The summed E-state index contributed by atoms with van der Waals surface area (Å²) in [7, 11) is 0. The van der Waals surface area contributed by atoms with Crippen LogP contribution in [0.3, 0.4) is 0 Å². The first kappa shape index (κ1) is 14.2. The van der Waals surface area contributed by atoms with Gasteiger partial charge in [0, 0.05) is 24.9 Å². The lowest BCUT2D eigenvalue weighted by Crippen LogP contribution is -2.07. The third kappa shape index (κ3) is 4.21. The summed E-state index contributed by atoms with van der Waals surface area (Å²) >= 11 is 0. The highest BCUT2D eigenvalue weighted by Gasteiger charge is 2.10. The van der Waals surface area contributed by atoms with Gasteiger partial charge >= 0.3 is 0 Å². The van der Waals surface area contributed by atoms with Crippen molar-refractivity contribution in [1.82, 2.24) is 0 Å². The van der Waals surface area contributed by atoms with E-state index in [1.807, 2.05) is 6.92 Å². The Bertz CT molecular complexity index is 410. The second-order valence-electron chi connectivity index (χ2n) is 4.39. The third-order valence-corrected chi connectivity index (χ3v) is 2.74. The quantitative estimate of drug-likeness (QED) is 0.298. The Morgan fingerprint density at radius 1 is 1.56 bits per heavy atom. The van der Waals surface area contributed by atoms with Crippen molar-refractivity contribution in [3.8, 4) is 0 Å². The Balaban J connectivity index is 2.44. The first-order chi connectivity index (χ1) is 8.54. The number of anilines is 2. The fourth-order valence-electron chi connectivity index (χ4n) is 1.61. The van der Waals surface area contributed by atoms with Gasteiger partial charge in [0.2, 0.25) is 0 Å². The molecule has 18 heavy (non-hydrogen) atoms. The third-order valence-electron chi connectivity index (χ3n) is 2.74. The monoisotopic (exact) mass is 253 g/mol. The van der Waals surface area contributed by atoms with Crippen LogP contribution in [0.15, 0.2) is 18.2 Å². The van der Waals surface area contributed by atoms with E-state index in [9.17, 15) is 10.1 Å². The lowest BCUT2D eigenvalue weighted by molar-refractivity contribution is -0.383. The molecule has 0 spiro atoms. The number of aliphatic hydroxyl groups excluding tert-OH is 1. The first-order valence-corrected chi connectivity index (χ1v) is 5.93. The Morgan fingerprint density at radius 2 is 2.28 bits per heavy atom. The van der Waals surface area contributed by atoms with Gasteiger partial charge in [-0.25, -0.2) is 0 Å². The number of nitrogen functional groups attached to an aromatic ring is 1. The molecule has 0 heterocycles. The van der Waals surface area contributed by atoms with Crippen LogP contribution in [0.1, 0.15) is 19.8 Å². The number of nitrogens with zero attached hydrogens (tertiary/aromatic N) is 1. The van der Waals surface area contributed by atoms with Gasteiger partial charge in [-0.05, 0) is 30.9 Å². The maximum atomic E-state index is 10.6. The second-order valence-corrected chi connectivity index (χ2v) is 4.39. The zero-order valence-corrected chi connectivity index (χ0v) is 10.4. The zero-order chi connectivity index (χ0) is 13.5. The largest absolute Gasteiger partial charge is 0.396 e. The number of nitro benzene ring substituents is 1. The molecule has 1 aromatic carbocycles. The minimum Gasteiger partial charge on any atom is -0.396 e. The summed E-state index contributed by atoms with van der Waals surface area (Å²) in [4.78, 5) is 10.1. The molecule has 0 aliphatic rings. The highest BCUT2D eigenvalue weighted by molar-refractivity contribution is 5.65. The van der Waals surface area contributed by atoms with Gasteiger partial charge in [0.1, 0.15) is 5.69 Å². The van der Waals surface area contributed by atoms with Crippen molar-refractivity contribution in [3.63, 3.8) is 0 Å². The standard InChI is InChI=1S/C12H19N3O3/c1-9(8-16)3-2-6-14-10-4-5-12(15(17)18)11(13)7-10/h4-5,7,9,14,16H,2-3,6,8,13H2,1H3. The van der Waals surface area contributed by atoms with Crippen LogP contribution in [0.2, 0.25) is 0 Å². The predicted molar refractivity (Wildman–Crippen MR) is 71.5 cm³/mol. The summed E-state index contributed by atoms with van der Waals surface area (Å²) in [6.07, 6.45) is 1.87. The topological polar surface area (TPSA) is 101 Å². The molecule has 100 valence electrons. The van der Waals surface area contributed by atoms with Crippen LogP contribution in [0.5, 0.6) is 0 Å². The molecule has 0 saturated heterocycles. The molecule has 0 bridgehead atoms. The molecule has 0 fully saturated rings. The van der Waals surface area contributed by atoms with Crippen LogP contribution >= 0.6 is 0 Å². The molecule has 0 amide bonds. The van der Waals surface area contributed by atoms with E-state index in [0.29, 0.717) is 5.92 Å². The molecule has 1 unspecified atom stereocenters. The Labute approximate surface area is 106 Å². The van der Waals surface area contributed by atoms with E-state index < -0.39 is 4.92 Å². The number of nitrogens with two attached hydrogens (primary N) is 1. The van der Waals surface area contributed by atoms with Crippen LogP contribution < -0.4 is 11.1 Å². The lowest BCUT2D eigenvalue weighted by atomic mass is 10.1. The smallest absolute Gasteiger partial charge is 0.292 e. The maximum absolute atomic E-state index is 10.6. The predicted octanol–water partition coefficient (Wildman–Crippen LogP) is 2.00. The highest BCUT2D eigenvalue weighted by Crippen LogP contribution is 2.24. The molecule has 1 atom stereocenters. The minimum absolute atomic E-state index is 0.0746. The van der Waals surface area contributed by atoms with Crippen LogP contribution in [-0.2, 0) is 0 Å². The molecular formula is C12H19N3O3. The van der Waals surface area contributed by atoms with Crippen molar-refractivity contribution in [3.05, 3.63) is 28.3 Å². The van der Waals surface area contributed by atoms with Crippen LogP contribution in [0.25, 0.3) is 0 Å². The highest BCUT2D eigenvalue weighted by atomic mass is 16.6. The second kappa shape index (κ2) is 6.80. The Morgan fingerprint density at radius 3 is 2.83 bits per heavy atom. The first-order valence-electron chi connectivity index (χ1n) is 5.93. The molecule has 0 saturated carbocycles. The fraction of sp³-hybridized carbons (Fsp3) is 0.500.